The van der Waals surface area contributed by atoms with Crippen LogP contribution in [0.1, 0.15) is 34.2 Å². The molecule has 1 aliphatic rings. The van der Waals surface area contributed by atoms with Gasteiger partial charge in [0, 0.05) is 13.1 Å². The van der Waals surface area contributed by atoms with Gasteiger partial charge in [0.1, 0.15) is 0 Å². The number of alkyl halides is 3. The minimum atomic E-state index is -4.36. The Bertz CT molecular complexity index is 1180. The van der Waals surface area contributed by atoms with Gasteiger partial charge in [-0.2, -0.15) is 13.2 Å². The zero-order chi connectivity index (χ0) is 22.2. The largest absolute Gasteiger partial charge is 0.416 e. The van der Waals surface area contributed by atoms with Crippen molar-refractivity contribution in [2.45, 2.75) is 32.9 Å². The van der Waals surface area contributed by atoms with Gasteiger partial charge in [0.05, 0.1) is 12.0 Å². The maximum absolute atomic E-state index is 13.0. The molecule has 0 bridgehead atoms. The lowest BCUT2D eigenvalue weighted by atomic mass is 9.96. The first-order valence-corrected chi connectivity index (χ1v) is 10.4. The number of aryl methyl sites for hydroxylation is 2. The van der Waals surface area contributed by atoms with E-state index in [-0.39, 0.29) is 5.91 Å². The topological polar surface area (TPSA) is 20.3 Å². The highest BCUT2D eigenvalue weighted by molar-refractivity contribution is 5.91. The predicted molar refractivity (Wildman–Crippen MR) is 118 cm³/mol. The van der Waals surface area contributed by atoms with Crippen molar-refractivity contribution in [1.82, 2.24) is 4.90 Å². The Morgan fingerprint density at radius 3 is 2.45 bits per heavy atom. The van der Waals surface area contributed by atoms with Crippen LogP contribution in [0.15, 0.2) is 60.7 Å². The lowest BCUT2D eigenvalue weighted by Gasteiger charge is -2.27. The molecule has 0 atom stereocenters. The minimum Gasteiger partial charge on any atom is -0.338 e. The number of rotatable bonds is 3. The highest BCUT2D eigenvalue weighted by Crippen LogP contribution is 2.32. The first-order chi connectivity index (χ1) is 14.7. The van der Waals surface area contributed by atoms with Crippen LogP contribution in [0.2, 0.25) is 0 Å². The smallest absolute Gasteiger partial charge is 0.338 e. The SMILES string of the molecule is Cc1cc2cccc(CC(=O)N3CC=C(c4cccc(C(F)(F)F)c4)CC3)c2cc1C. The van der Waals surface area contributed by atoms with Gasteiger partial charge in [-0.15, -0.1) is 0 Å². The molecule has 3 aromatic carbocycles. The lowest BCUT2D eigenvalue weighted by molar-refractivity contribution is -0.137. The molecule has 0 aliphatic carbocycles. The van der Waals surface area contributed by atoms with Gasteiger partial charge >= 0.3 is 6.18 Å². The second kappa shape index (κ2) is 8.22. The van der Waals surface area contributed by atoms with E-state index in [4.69, 9.17) is 0 Å². The van der Waals surface area contributed by atoms with Crippen LogP contribution in [0.25, 0.3) is 16.3 Å². The van der Waals surface area contributed by atoms with Gasteiger partial charge in [0.25, 0.3) is 0 Å². The second-order valence-electron chi connectivity index (χ2n) is 8.15. The minimum absolute atomic E-state index is 0.0325. The molecule has 5 heteroatoms. The number of fused-ring (bicyclic) bond motifs is 1. The van der Waals surface area contributed by atoms with Gasteiger partial charge in [-0.25, -0.2) is 0 Å². The molecule has 0 unspecified atom stereocenters. The van der Waals surface area contributed by atoms with Crippen molar-refractivity contribution < 1.29 is 18.0 Å². The maximum Gasteiger partial charge on any atom is 0.416 e. The summed E-state index contributed by atoms with van der Waals surface area (Å²) in [4.78, 5) is 14.7. The summed E-state index contributed by atoms with van der Waals surface area (Å²) in [6.45, 7) is 5.06. The molecule has 31 heavy (non-hydrogen) atoms. The maximum atomic E-state index is 13.0. The van der Waals surface area contributed by atoms with E-state index < -0.39 is 11.7 Å². The first-order valence-electron chi connectivity index (χ1n) is 10.4. The number of amides is 1. The molecule has 3 aromatic rings. The lowest BCUT2D eigenvalue weighted by Crippen LogP contribution is -2.35. The zero-order valence-electron chi connectivity index (χ0n) is 17.6. The summed E-state index contributed by atoms with van der Waals surface area (Å²) in [5.41, 5.74) is 4.19. The van der Waals surface area contributed by atoms with Crippen molar-refractivity contribution >= 4 is 22.3 Å². The molecule has 0 saturated carbocycles. The Hall–Kier alpha value is -3.08. The van der Waals surface area contributed by atoms with E-state index in [9.17, 15) is 18.0 Å². The average Bonchev–Trinajstić information content (AvgIpc) is 2.75. The summed E-state index contributed by atoms with van der Waals surface area (Å²) in [6, 6.07) is 15.7. The molecular formula is C26H24F3NO. The van der Waals surface area contributed by atoms with Crippen LogP contribution in [0.4, 0.5) is 13.2 Å². The third-order valence-corrected chi connectivity index (χ3v) is 6.05. The van der Waals surface area contributed by atoms with Gasteiger partial charge in [0.2, 0.25) is 5.91 Å². The monoisotopic (exact) mass is 423 g/mol. The van der Waals surface area contributed by atoms with Crippen molar-refractivity contribution in [2.75, 3.05) is 13.1 Å². The van der Waals surface area contributed by atoms with E-state index in [0.717, 1.165) is 28.0 Å². The van der Waals surface area contributed by atoms with Crippen molar-refractivity contribution in [2.24, 2.45) is 0 Å². The standard InChI is InChI=1S/C26H24F3NO/c1-17-13-21-6-3-7-22(24(21)14-18(17)2)16-25(31)30-11-9-19(10-12-30)20-5-4-8-23(15-20)26(27,28)29/h3-9,13-15H,10-12,16H2,1-2H3. The van der Waals surface area contributed by atoms with E-state index in [0.29, 0.717) is 31.5 Å². The number of carbonyl (C=O) groups excluding carboxylic acids is 1. The van der Waals surface area contributed by atoms with Crippen LogP contribution >= 0.6 is 0 Å². The molecule has 1 heterocycles. The van der Waals surface area contributed by atoms with E-state index in [1.807, 2.05) is 18.2 Å². The molecule has 4 rings (SSSR count). The van der Waals surface area contributed by atoms with Gasteiger partial charge in [0.15, 0.2) is 0 Å². The summed E-state index contributed by atoms with van der Waals surface area (Å²) in [6.07, 6.45) is -1.64. The second-order valence-corrected chi connectivity index (χ2v) is 8.15. The number of nitrogens with zero attached hydrogens (tertiary/aromatic N) is 1. The Morgan fingerprint density at radius 2 is 1.74 bits per heavy atom. The highest BCUT2D eigenvalue weighted by atomic mass is 19.4. The van der Waals surface area contributed by atoms with Crippen molar-refractivity contribution in [3.8, 4) is 0 Å². The molecule has 0 fully saturated rings. The summed E-state index contributed by atoms with van der Waals surface area (Å²) < 4.78 is 39.0. The summed E-state index contributed by atoms with van der Waals surface area (Å²) in [5, 5.41) is 2.22. The van der Waals surface area contributed by atoms with Crippen molar-refractivity contribution in [3.63, 3.8) is 0 Å². The number of benzene rings is 3. The van der Waals surface area contributed by atoms with Crippen molar-refractivity contribution in [1.29, 1.82) is 0 Å². The van der Waals surface area contributed by atoms with E-state index in [2.05, 4.69) is 32.0 Å². The number of carbonyl (C=O) groups is 1. The Morgan fingerprint density at radius 1 is 1.00 bits per heavy atom. The number of halogens is 3. The Kier molecular flexibility index (Phi) is 5.61. The Labute approximate surface area is 180 Å². The van der Waals surface area contributed by atoms with Crippen LogP contribution < -0.4 is 0 Å². The summed E-state index contributed by atoms with van der Waals surface area (Å²) in [7, 11) is 0. The molecule has 0 aromatic heterocycles. The van der Waals surface area contributed by atoms with Crippen LogP contribution in [0.3, 0.4) is 0 Å². The van der Waals surface area contributed by atoms with Crippen LogP contribution in [-0.4, -0.2) is 23.9 Å². The summed E-state index contributed by atoms with van der Waals surface area (Å²) >= 11 is 0. The third-order valence-electron chi connectivity index (χ3n) is 6.05. The molecule has 160 valence electrons. The molecular weight excluding hydrogens is 399 g/mol. The third kappa shape index (κ3) is 4.50. The normalized spacial score (nSPS) is 14.6. The fourth-order valence-corrected chi connectivity index (χ4v) is 4.09. The number of hydrogen-bond donors (Lipinski definition) is 0. The molecule has 1 amide bonds. The highest BCUT2D eigenvalue weighted by Gasteiger charge is 2.30. The van der Waals surface area contributed by atoms with Crippen LogP contribution in [0.5, 0.6) is 0 Å². The molecule has 0 saturated heterocycles. The molecule has 0 radical (unpaired) electrons. The molecule has 0 N–H and O–H groups in total. The molecule has 1 aliphatic heterocycles. The fourth-order valence-electron chi connectivity index (χ4n) is 4.09. The summed E-state index contributed by atoms with van der Waals surface area (Å²) in [5.74, 6) is 0.0325. The quantitative estimate of drug-likeness (QED) is 0.482. The van der Waals surface area contributed by atoms with Gasteiger partial charge in [-0.05, 0) is 71.0 Å². The molecule has 2 nitrogen and oxygen atoms in total. The first kappa shape index (κ1) is 21.2. The van der Waals surface area contributed by atoms with Gasteiger partial charge in [-0.3, -0.25) is 4.79 Å². The molecule has 0 spiro atoms. The van der Waals surface area contributed by atoms with Gasteiger partial charge < -0.3 is 4.90 Å². The Balaban J connectivity index is 1.50. The zero-order valence-corrected chi connectivity index (χ0v) is 17.6. The van der Waals surface area contributed by atoms with Crippen LogP contribution in [-0.2, 0) is 17.4 Å². The fraction of sp³-hybridized carbons (Fsp3) is 0.269. The van der Waals surface area contributed by atoms with Crippen LogP contribution in [0, 0.1) is 13.8 Å². The average molecular weight is 423 g/mol. The van der Waals surface area contributed by atoms with E-state index in [1.54, 1.807) is 11.0 Å². The van der Waals surface area contributed by atoms with E-state index in [1.165, 1.54) is 23.3 Å². The number of hydrogen-bond acceptors (Lipinski definition) is 1. The van der Waals surface area contributed by atoms with E-state index >= 15 is 0 Å². The predicted octanol–water partition coefficient (Wildman–Crippen LogP) is 6.33. The van der Waals surface area contributed by atoms with Crippen molar-refractivity contribution in [3.05, 3.63) is 88.5 Å². The van der Waals surface area contributed by atoms with Gasteiger partial charge in [-0.1, -0.05) is 48.5 Å².